The number of nitrogens with one attached hydrogen (secondary N) is 1. The first-order valence-corrected chi connectivity index (χ1v) is 7.24. The molecule has 0 aliphatic carbocycles. The third kappa shape index (κ3) is 2.19. The van der Waals surface area contributed by atoms with E-state index in [1.807, 2.05) is 22.1 Å². The first-order chi connectivity index (χ1) is 9.72. The number of H-pyrrole nitrogens is 1. The summed E-state index contributed by atoms with van der Waals surface area (Å²) in [7, 11) is 3.24. The highest BCUT2D eigenvalue weighted by Crippen LogP contribution is 2.32. The molecule has 0 bridgehead atoms. The minimum Gasteiger partial charge on any atom is -0.493 e. The van der Waals surface area contributed by atoms with Crippen molar-refractivity contribution in [2.24, 2.45) is 0 Å². The number of imidazole rings is 1. The fourth-order valence-corrected chi connectivity index (χ4v) is 2.98. The molecule has 0 saturated heterocycles. The molecule has 0 unspecified atom stereocenters. The van der Waals surface area contributed by atoms with Crippen LogP contribution >= 0.6 is 23.6 Å². The Morgan fingerprint density at radius 3 is 2.70 bits per heavy atom. The molecular weight excluding hydrogens is 294 g/mol. The van der Waals surface area contributed by atoms with E-state index < -0.39 is 0 Å². The highest BCUT2D eigenvalue weighted by Gasteiger charge is 2.12. The molecule has 0 radical (unpaired) electrons. The van der Waals surface area contributed by atoms with Gasteiger partial charge in [0.25, 0.3) is 0 Å². The number of hydrogen-bond donors (Lipinski definition) is 1. The summed E-state index contributed by atoms with van der Waals surface area (Å²) in [5.41, 5.74) is 1.90. The van der Waals surface area contributed by atoms with E-state index in [1.165, 1.54) is 0 Å². The maximum absolute atomic E-state index is 5.39. The summed E-state index contributed by atoms with van der Waals surface area (Å²) in [6.45, 7) is 0.645. The van der Waals surface area contributed by atoms with Crippen molar-refractivity contribution in [3.05, 3.63) is 33.5 Å². The molecule has 2 heterocycles. The minimum absolute atomic E-state index is 0.645. The van der Waals surface area contributed by atoms with Crippen molar-refractivity contribution < 1.29 is 9.47 Å². The molecule has 0 atom stereocenters. The molecule has 3 aromatic rings. The van der Waals surface area contributed by atoms with Crippen LogP contribution in [-0.2, 0) is 6.54 Å². The summed E-state index contributed by atoms with van der Waals surface area (Å²) in [4.78, 5) is 7.48. The van der Waals surface area contributed by atoms with Crippen LogP contribution in [0.15, 0.2) is 23.7 Å². The topological polar surface area (TPSA) is 52.1 Å². The van der Waals surface area contributed by atoms with Crippen molar-refractivity contribution >= 4 is 34.6 Å². The van der Waals surface area contributed by atoms with Crippen molar-refractivity contribution in [3.63, 3.8) is 0 Å². The summed E-state index contributed by atoms with van der Waals surface area (Å²) in [5.74, 6) is 1.36. The fraction of sp³-hybridized carbons (Fsp3) is 0.231. The molecule has 104 valence electrons. The van der Waals surface area contributed by atoms with Crippen molar-refractivity contribution in [3.8, 4) is 11.5 Å². The van der Waals surface area contributed by atoms with Gasteiger partial charge >= 0.3 is 0 Å². The van der Waals surface area contributed by atoms with Crippen molar-refractivity contribution in [2.45, 2.75) is 6.54 Å². The van der Waals surface area contributed by atoms with Crippen molar-refractivity contribution in [1.82, 2.24) is 14.5 Å². The summed E-state index contributed by atoms with van der Waals surface area (Å²) in [6, 6.07) is 3.82. The number of rotatable bonds is 4. The van der Waals surface area contributed by atoms with Gasteiger partial charge in [-0.2, -0.15) is 0 Å². The molecule has 0 spiro atoms. The highest BCUT2D eigenvalue weighted by molar-refractivity contribution is 7.71. The molecule has 1 N–H and O–H groups in total. The van der Waals surface area contributed by atoms with Gasteiger partial charge in [0.2, 0.25) is 0 Å². The third-order valence-corrected chi connectivity index (χ3v) is 4.14. The van der Waals surface area contributed by atoms with Crippen LogP contribution in [0, 0.1) is 4.77 Å². The molecule has 5 nitrogen and oxygen atoms in total. The SMILES string of the molecule is COc1cc2[nH]c(=S)n(Cc3nccs3)c2cc1OC. The van der Waals surface area contributed by atoms with Crippen LogP contribution in [0.1, 0.15) is 5.01 Å². The van der Waals surface area contributed by atoms with Gasteiger partial charge < -0.3 is 19.0 Å². The molecule has 7 heteroatoms. The Hall–Kier alpha value is -1.86. The number of fused-ring (bicyclic) bond motifs is 1. The summed E-state index contributed by atoms with van der Waals surface area (Å²) < 4.78 is 13.3. The standard InChI is InChI=1S/C13H13N3O2S2/c1-17-10-5-8-9(6-11(10)18-2)16(13(19)15-8)7-12-14-3-4-20-12/h3-6H,7H2,1-2H3,(H,15,19). The number of methoxy groups -OCH3 is 2. The van der Waals surface area contributed by atoms with Crippen molar-refractivity contribution in [1.29, 1.82) is 0 Å². The number of aromatic amines is 1. The largest absolute Gasteiger partial charge is 0.493 e. The Kier molecular flexibility index (Phi) is 3.45. The Bertz CT molecular complexity index is 790. The molecule has 1 aromatic carbocycles. The number of benzene rings is 1. The van der Waals surface area contributed by atoms with E-state index in [2.05, 4.69) is 9.97 Å². The Labute approximate surface area is 124 Å². The van der Waals surface area contributed by atoms with Gasteiger partial charge in [-0.15, -0.1) is 11.3 Å². The first-order valence-electron chi connectivity index (χ1n) is 5.96. The van der Waals surface area contributed by atoms with Crippen LogP contribution in [0.5, 0.6) is 11.5 Å². The number of ether oxygens (including phenoxy) is 2. The maximum atomic E-state index is 5.39. The number of hydrogen-bond acceptors (Lipinski definition) is 5. The average molecular weight is 307 g/mol. The highest BCUT2D eigenvalue weighted by atomic mass is 32.1. The van der Waals surface area contributed by atoms with Gasteiger partial charge in [0.05, 0.1) is 31.8 Å². The molecule has 0 aliphatic rings. The smallest absolute Gasteiger partial charge is 0.178 e. The Morgan fingerprint density at radius 1 is 1.30 bits per heavy atom. The maximum Gasteiger partial charge on any atom is 0.178 e. The molecular formula is C13H13N3O2S2. The predicted octanol–water partition coefficient (Wildman–Crippen LogP) is 3.22. The van der Waals surface area contributed by atoms with Gasteiger partial charge in [-0.05, 0) is 12.2 Å². The molecule has 0 saturated carbocycles. The molecule has 20 heavy (non-hydrogen) atoms. The molecule has 3 rings (SSSR count). The van der Waals surface area contributed by atoms with Crippen LogP contribution in [0.3, 0.4) is 0 Å². The zero-order valence-electron chi connectivity index (χ0n) is 11.0. The molecule has 0 fully saturated rings. The van der Waals surface area contributed by atoms with Gasteiger partial charge in [0.15, 0.2) is 16.3 Å². The second kappa shape index (κ2) is 5.26. The fourth-order valence-electron chi connectivity index (χ4n) is 2.11. The predicted molar refractivity (Wildman–Crippen MR) is 81.4 cm³/mol. The van der Waals surface area contributed by atoms with Gasteiger partial charge in [-0.1, -0.05) is 0 Å². The van der Waals surface area contributed by atoms with Crippen LogP contribution in [0.4, 0.5) is 0 Å². The minimum atomic E-state index is 0.645. The lowest BCUT2D eigenvalue weighted by atomic mass is 10.2. The zero-order chi connectivity index (χ0) is 14.1. The second-order valence-corrected chi connectivity index (χ2v) is 5.53. The normalized spacial score (nSPS) is 10.9. The van der Waals surface area contributed by atoms with Crippen LogP contribution < -0.4 is 9.47 Å². The Morgan fingerprint density at radius 2 is 2.05 bits per heavy atom. The first kappa shape index (κ1) is 13.1. The summed E-state index contributed by atoms with van der Waals surface area (Å²) in [6.07, 6.45) is 1.79. The van der Waals surface area contributed by atoms with Gasteiger partial charge in [0.1, 0.15) is 5.01 Å². The van der Waals surface area contributed by atoms with E-state index in [1.54, 1.807) is 31.8 Å². The van der Waals surface area contributed by atoms with Crippen LogP contribution in [-0.4, -0.2) is 28.8 Å². The van der Waals surface area contributed by atoms with Crippen LogP contribution in [0.2, 0.25) is 0 Å². The van der Waals surface area contributed by atoms with Crippen molar-refractivity contribution in [2.75, 3.05) is 14.2 Å². The Balaban J connectivity index is 2.16. The monoisotopic (exact) mass is 307 g/mol. The summed E-state index contributed by atoms with van der Waals surface area (Å²) in [5, 5.41) is 2.97. The van der Waals surface area contributed by atoms with E-state index in [4.69, 9.17) is 21.7 Å². The lowest BCUT2D eigenvalue weighted by molar-refractivity contribution is 0.355. The van der Waals surface area contributed by atoms with E-state index in [0.717, 1.165) is 16.0 Å². The van der Waals surface area contributed by atoms with E-state index >= 15 is 0 Å². The lowest BCUT2D eigenvalue weighted by Gasteiger charge is -2.08. The van der Waals surface area contributed by atoms with Gasteiger partial charge in [0, 0.05) is 23.7 Å². The van der Waals surface area contributed by atoms with E-state index in [0.29, 0.717) is 22.8 Å². The lowest BCUT2D eigenvalue weighted by Crippen LogP contribution is -1.99. The quantitative estimate of drug-likeness (QED) is 0.752. The van der Waals surface area contributed by atoms with Crippen LogP contribution in [0.25, 0.3) is 11.0 Å². The second-order valence-electron chi connectivity index (χ2n) is 4.17. The number of thiazole rings is 1. The van der Waals surface area contributed by atoms with E-state index in [9.17, 15) is 0 Å². The molecule has 2 aromatic heterocycles. The average Bonchev–Trinajstić information content (AvgIpc) is 3.06. The van der Waals surface area contributed by atoms with Gasteiger partial charge in [-0.25, -0.2) is 4.98 Å². The number of aromatic nitrogens is 3. The molecule has 0 aliphatic heterocycles. The zero-order valence-corrected chi connectivity index (χ0v) is 12.7. The third-order valence-electron chi connectivity index (χ3n) is 3.06. The van der Waals surface area contributed by atoms with Gasteiger partial charge in [-0.3, -0.25) is 0 Å². The van der Waals surface area contributed by atoms with E-state index in [-0.39, 0.29) is 0 Å². The number of nitrogens with zero attached hydrogens (tertiary/aromatic N) is 2. The summed E-state index contributed by atoms with van der Waals surface area (Å²) >= 11 is 7.00. The molecule has 0 amide bonds.